The summed E-state index contributed by atoms with van der Waals surface area (Å²) in [6.45, 7) is 12.9. The Hall–Kier alpha value is -1.65. The summed E-state index contributed by atoms with van der Waals surface area (Å²) in [5.41, 5.74) is -1.08. The topological polar surface area (TPSA) is 107 Å². The molecule has 1 unspecified atom stereocenters. The molecule has 2 rings (SSSR count). The molecule has 27 heavy (non-hydrogen) atoms. The van der Waals surface area contributed by atoms with Gasteiger partial charge in [0.1, 0.15) is 11.6 Å². The Morgan fingerprint density at radius 1 is 1.30 bits per heavy atom. The summed E-state index contributed by atoms with van der Waals surface area (Å²) in [6, 6.07) is -1.14. The first-order chi connectivity index (χ1) is 12.2. The molecule has 0 aliphatic carbocycles. The van der Waals surface area contributed by atoms with Crippen molar-refractivity contribution in [2.75, 3.05) is 0 Å². The zero-order valence-corrected chi connectivity index (χ0v) is 17.6. The summed E-state index contributed by atoms with van der Waals surface area (Å²) in [5.74, 6) is -1.16. The van der Waals surface area contributed by atoms with E-state index in [2.05, 4.69) is 10.3 Å². The molecule has 1 saturated heterocycles. The van der Waals surface area contributed by atoms with Crippen molar-refractivity contribution in [2.24, 2.45) is 0 Å². The van der Waals surface area contributed by atoms with Gasteiger partial charge in [-0.25, -0.2) is 9.59 Å². The normalized spacial score (nSPS) is 19.6. The molecule has 10 heteroatoms. The summed E-state index contributed by atoms with van der Waals surface area (Å²) < 4.78 is 17.0. The van der Waals surface area contributed by atoms with E-state index in [0.29, 0.717) is 10.6 Å². The third-order valence-electron chi connectivity index (χ3n) is 4.43. The number of carboxylic acids is 1. The number of aliphatic carboxylic acids is 1. The molecule has 8 nitrogen and oxygen atoms in total. The van der Waals surface area contributed by atoms with E-state index in [1.165, 1.54) is 11.3 Å². The minimum Gasteiger partial charge on any atom is -0.480 e. The van der Waals surface area contributed by atoms with Crippen LogP contribution in [0.4, 0.5) is 4.79 Å². The molecule has 1 amide bonds. The molecule has 0 radical (unpaired) electrons. The van der Waals surface area contributed by atoms with Crippen LogP contribution in [0.15, 0.2) is 5.38 Å². The van der Waals surface area contributed by atoms with Crippen molar-refractivity contribution in [2.45, 2.75) is 77.7 Å². The van der Waals surface area contributed by atoms with Crippen LogP contribution in [0.3, 0.4) is 0 Å². The van der Waals surface area contributed by atoms with Gasteiger partial charge in [-0.2, -0.15) is 0 Å². The molecular formula is C17H27BN2O6S. The molecule has 1 atom stereocenters. The second kappa shape index (κ2) is 7.41. The standard InChI is InChI=1S/C17H27BN2O6S/c1-15(2,3)24-14(23)19-10(13(21)22)8-12-20-11(9-27-12)18-25-16(4,5)17(6,7)26-18/h9-10H,8H2,1-7H3,(H,19,23)(H,21,22). The first-order valence-electron chi connectivity index (χ1n) is 8.72. The molecule has 0 saturated carbocycles. The Bertz CT molecular complexity index is 697. The van der Waals surface area contributed by atoms with Gasteiger partial charge in [0.25, 0.3) is 0 Å². The van der Waals surface area contributed by atoms with Crippen LogP contribution in [0.25, 0.3) is 0 Å². The Balaban J connectivity index is 2.05. The molecule has 0 bridgehead atoms. The number of alkyl carbamates (subject to hydrolysis) is 1. The Labute approximate surface area is 163 Å². The highest BCUT2D eigenvalue weighted by atomic mass is 32.1. The molecule has 0 spiro atoms. The van der Waals surface area contributed by atoms with Crippen LogP contribution in [0.1, 0.15) is 53.5 Å². The SMILES string of the molecule is CC(C)(C)OC(=O)NC(Cc1nc(B2OC(C)(C)C(C)(C)O2)cs1)C(=O)O. The lowest BCUT2D eigenvalue weighted by atomic mass is 9.86. The second-order valence-electron chi connectivity index (χ2n) is 8.50. The van der Waals surface area contributed by atoms with E-state index in [0.717, 1.165) is 0 Å². The predicted octanol–water partition coefficient (Wildman–Crippen LogP) is 1.96. The number of nitrogens with one attached hydrogen (secondary N) is 1. The first-order valence-corrected chi connectivity index (χ1v) is 9.60. The van der Waals surface area contributed by atoms with Crippen molar-refractivity contribution in [1.29, 1.82) is 0 Å². The highest BCUT2D eigenvalue weighted by Crippen LogP contribution is 2.36. The molecule has 1 fully saturated rings. The van der Waals surface area contributed by atoms with Crippen molar-refractivity contribution in [3.63, 3.8) is 0 Å². The largest absolute Gasteiger partial charge is 0.515 e. The molecule has 2 N–H and O–H groups in total. The Kier molecular flexibility index (Phi) is 5.94. The van der Waals surface area contributed by atoms with Crippen LogP contribution >= 0.6 is 11.3 Å². The number of ether oxygens (including phenoxy) is 1. The zero-order chi connectivity index (χ0) is 20.6. The minimum absolute atomic E-state index is 0.0404. The highest BCUT2D eigenvalue weighted by Gasteiger charge is 2.52. The molecule has 0 aromatic carbocycles. The van der Waals surface area contributed by atoms with E-state index in [1.807, 2.05) is 27.7 Å². The summed E-state index contributed by atoms with van der Waals surface area (Å²) in [7, 11) is -0.609. The van der Waals surface area contributed by atoms with E-state index in [1.54, 1.807) is 26.2 Å². The van der Waals surface area contributed by atoms with E-state index >= 15 is 0 Å². The number of hydrogen-bond acceptors (Lipinski definition) is 7. The number of rotatable bonds is 5. The molecular weight excluding hydrogens is 371 g/mol. The Morgan fingerprint density at radius 2 is 1.85 bits per heavy atom. The van der Waals surface area contributed by atoms with Crippen LogP contribution in [-0.2, 0) is 25.3 Å². The third-order valence-corrected chi connectivity index (χ3v) is 5.32. The lowest BCUT2D eigenvalue weighted by Crippen LogP contribution is -2.44. The quantitative estimate of drug-likeness (QED) is 0.731. The van der Waals surface area contributed by atoms with Gasteiger partial charge in [0.2, 0.25) is 0 Å². The van der Waals surface area contributed by atoms with Gasteiger partial charge in [0.05, 0.1) is 21.8 Å². The van der Waals surface area contributed by atoms with Crippen molar-refractivity contribution >= 4 is 36.1 Å². The van der Waals surface area contributed by atoms with Crippen LogP contribution in [0, 0.1) is 0 Å². The third kappa shape index (κ3) is 5.43. The molecule has 1 aromatic rings. The van der Waals surface area contributed by atoms with E-state index in [9.17, 15) is 14.7 Å². The van der Waals surface area contributed by atoms with Crippen molar-refractivity contribution in [1.82, 2.24) is 10.3 Å². The maximum atomic E-state index is 11.9. The van der Waals surface area contributed by atoms with E-state index in [-0.39, 0.29) is 6.42 Å². The van der Waals surface area contributed by atoms with Crippen LogP contribution in [-0.4, -0.2) is 52.1 Å². The smallest absolute Gasteiger partial charge is 0.480 e. The van der Waals surface area contributed by atoms with Gasteiger partial charge in [-0.1, -0.05) is 0 Å². The predicted molar refractivity (Wildman–Crippen MR) is 102 cm³/mol. The maximum Gasteiger partial charge on any atom is 0.515 e. The van der Waals surface area contributed by atoms with Crippen LogP contribution in [0.2, 0.25) is 0 Å². The average molecular weight is 398 g/mol. The summed E-state index contributed by atoms with van der Waals surface area (Å²) in [4.78, 5) is 27.8. The average Bonchev–Trinajstić information content (AvgIpc) is 2.99. The number of carbonyl (C=O) groups excluding carboxylic acids is 1. The monoisotopic (exact) mass is 398 g/mol. The lowest BCUT2D eigenvalue weighted by molar-refractivity contribution is -0.139. The number of carboxylic acid groups (broad SMARTS) is 1. The van der Waals surface area contributed by atoms with Gasteiger partial charge in [-0.3, -0.25) is 4.98 Å². The molecule has 1 aliphatic rings. The number of amides is 1. The summed E-state index contributed by atoms with van der Waals surface area (Å²) >= 11 is 1.30. The second-order valence-corrected chi connectivity index (χ2v) is 9.44. The van der Waals surface area contributed by atoms with Crippen LogP contribution < -0.4 is 10.9 Å². The zero-order valence-electron chi connectivity index (χ0n) is 16.8. The summed E-state index contributed by atoms with van der Waals surface area (Å²) in [6.07, 6.45) is -0.740. The number of carbonyl (C=O) groups is 2. The van der Waals surface area contributed by atoms with Gasteiger partial charge in [0.15, 0.2) is 0 Å². The van der Waals surface area contributed by atoms with E-state index < -0.39 is 42.0 Å². The van der Waals surface area contributed by atoms with Gasteiger partial charge in [-0.05, 0) is 48.5 Å². The maximum absolute atomic E-state index is 11.9. The number of nitrogens with zero attached hydrogens (tertiary/aromatic N) is 1. The molecule has 1 aliphatic heterocycles. The molecule has 1 aromatic heterocycles. The number of aromatic nitrogens is 1. The van der Waals surface area contributed by atoms with Gasteiger partial charge >= 0.3 is 19.2 Å². The van der Waals surface area contributed by atoms with E-state index in [4.69, 9.17) is 14.0 Å². The lowest BCUT2D eigenvalue weighted by Gasteiger charge is -2.32. The van der Waals surface area contributed by atoms with Gasteiger partial charge in [0, 0.05) is 11.8 Å². The van der Waals surface area contributed by atoms with Crippen molar-refractivity contribution in [3.05, 3.63) is 10.4 Å². The fourth-order valence-corrected chi connectivity index (χ4v) is 3.16. The fraction of sp³-hybridized carbons (Fsp3) is 0.706. The number of thiazole rings is 1. The highest BCUT2D eigenvalue weighted by molar-refractivity contribution is 7.10. The fourth-order valence-electron chi connectivity index (χ4n) is 2.32. The molecule has 150 valence electrons. The van der Waals surface area contributed by atoms with Crippen molar-refractivity contribution < 1.29 is 28.7 Å². The first kappa shape index (κ1) is 21.7. The Morgan fingerprint density at radius 3 is 2.33 bits per heavy atom. The minimum atomic E-state index is -1.16. The summed E-state index contributed by atoms with van der Waals surface area (Å²) in [5, 5.41) is 14.1. The number of hydrogen-bond donors (Lipinski definition) is 2. The van der Waals surface area contributed by atoms with Crippen molar-refractivity contribution in [3.8, 4) is 0 Å². The van der Waals surface area contributed by atoms with Crippen LogP contribution in [0.5, 0.6) is 0 Å². The molecule has 2 heterocycles. The van der Waals surface area contributed by atoms with Gasteiger partial charge in [-0.15, -0.1) is 11.3 Å². The van der Waals surface area contributed by atoms with Gasteiger partial charge < -0.3 is 24.5 Å².